The van der Waals surface area contributed by atoms with Crippen molar-refractivity contribution in [3.05, 3.63) is 58.9 Å². The van der Waals surface area contributed by atoms with Gasteiger partial charge in [0, 0.05) is 13.1 Å². The van der Waals surface area contributed by atoms with E-state index in [1.54, 1.807) is 31.2 Å². The second-order valence-corrected chi connectivity index (χ2v) is 5.84. The van der Waals surface area contributed by atoms with Crippen molar-refractivity contribution in [1.82, 2.24) is 4.90 Å². The van der Waals surface area contributed by atoms with Gasteiger partial charge in [-0.1, -0.05) is 6.07 Å². The Kier molecular flexibility index (Phi) is 4.19. The molecule has 1 aliphatic heterocycles. The first-order chi connectivity index (χ1) is 11.5. The monoisotopic (exact) mass is 325 g/mol. The Labute approximate surface area is 138 Å². The molecule has 0 radical (unpaired) electrons. The molecular formula is C18H16FN3O2. The molecule has 0 aromatic heterocycles. The van der Waals surface area contributed by atoms with Crippen LogP contribution < -0.4 is 5.32 Å². The van der Waals surface area contributed by atoms with Gasteiger partial charge in [0.2, 0.25) is 0 Å². The summed E-state index contributed by atoms with van der Waals surface area (Å²) in [5.74, 6) is -0.699. The highest BCUT2D eigenvalue weighted by molar-refractivity contribution is 6.01. The summed E-state index contributed by atoms with van der Waals surface area (Å²) in [5, 5.41) is 21.3. The highest BCUT2D eigenvalue weighted by Crippen LogP contribution is 2.27. The zero-order chi connectivity index (χ0) is 17.3. The molecule has 0 atom stereocenters. The second-order valence-electron chi connectivity index (χ2n) is 5.84. The Balaban J connectivity index is 1.95. The predicted octanol–water partition coefficient (Wildman–Crippen LogP) is 2.57. The molecule has 0 spiro atoms. The van der Waals surface area contributed by atoms with Crippen LogP contribution in [0.1, 0.15) is 21.5 Å². The number of anilines is 2. The van der Waals surface area contributed by atoms with Crippen LogP contribution in [-0.2, 0) is 0 Å². The third kappa shape index (κ3) is 3.07. The Bertz CT molecular complexity index is 839. The van der Waals surface area contributed by atoms with Crippen molar-refractivity contribution < 1.29 is 14.3 Å². The second kappa shape index (κ2) is 6.30. The molecule has 1 saturated heterocycles. The summed E-state index contributed by atoms with van der Waals surface area (Å²) >= 11 is 0. The van der Waals surface area contributed by atoms with E-state index in [9.17, 15) is 14.3 Å². The molecule has 1 fully saturated rings. The van der Waals surface area contributed by atoms with Crippen molar-refractivity contribution >= 4 is 17.3 Å². The maximum atomic E-state index is 14.1. The number of aliphatic hydroxyl groups is 1. The fourth-order valence-electron chi connectivity index (χ4n) is 2.56. The molecule has 6 heteroatoms. The maximum absolute atomic E-state index is 14.1. The van der Waals surface area contributed by atoms with Crippen LogP contribution in [0.3, 0.4) is 0 Å². The molecule has 2 N–H and O–H groups in total. The van der Waals surface area contributed by atoms with Gasteiger partial charge in [-0.05, 0) is 42.8 Å². The minimum absolute atomic E-state index is 0.230. The van der Waals surface area contributed by atoms with Gasteiger partial charge in [-0.3, -0.25) is 4.79 Å². The molecule has 1 heterocycles. The lowest BCUT2D eigenvalue weighted by molar-refractivity contribution is 0.00596. The summed E-state index contributed by atoms with van der Waals surface area (Å²) < 4.78 is 14.1. The summed E-state index contributed by atoms with van der Waals surface area (Å²) in [6, 6.07) is 11.3. The number of nitrogens with zero attached hydrogens (tertiary/aromatic N) is 2. The molecule has 2 aromatic carbocycles. The molecule has 0 bridgehead atoms. The highest BCUT2D eigenvalue weighted by Gasteiger charge is 2.30. The Morgan fingerprint density at radius 2 is 2.04 bits per heavy atom. The molecular weight excluding hydrogens is 309 g/mol. The Hall–Kier alpha value is -2.91. The van der Waals surface area contributed by atoms with Crippen molar-refractivity contribution in [3.63, 3.8) is 0 Å². The maximum Gasteiger partial charge on any atom is 0.256 e. The van der Waals surface area contributed by atoms with Gasteiger partial charge in [0.05, 0.1) is 34.7 Å². The van der Waals surface area contributed by atoms with Crippen molar-refractivity contribution in [1.29, 1.82) is 5.26 Å². The predicted molar refractivity (Wildman–Crippen MR) is 87.5 cm³/mol. The molecule has 1 aliphatic rings. The summed E-state index contributed by atoms with van der Waals surface area (Å²) in [6.45, 7) is 2.33. The first-order valence-corrected chi connectivity index (χ1v) is 7.52. The van der Waals surface area contributed by atoms with Crippen molar-refractivity contribution in [2.75, 3.05) is 18.4 Å². The zero-order valence-corrected chi connectivity index (χ0v) is 13.1. The smallest absolute Gasteiger partial charge is 0.256 e. The number of nitrogens with one attached hydrogen (secondary N) is 1. The largest absolute Gasteiger partial charge is 0.389 e. The van der Waals surface area contributed by atoms with Gasteiger partial charge in [0.15, 0.2) is 0 Å². The van der Waals surface area contributed by atoms with Crippen LogP contribution in [-0.4, -0.2) is 35.1 Å². The van der Waals surface area contributed by atoms with Crippen LogP contribution in [0, 0.1) is 24.1 Å². The van der Waals surface area contributed by atoms with Gasteiger partial charge in [0.25, 0.3) is 5.91 Å². The number of β-amino-alcohol motifs (C(OH)–C–C–N with tert-alkyl or cyclic N) is 1. The summed E-state index contributed by atoms with van der Waals surface area (Å²) in [7, 11) is 0. The third-order valence-electron chi connectivity index (χ3n) is 3.92. The van der Waals surface area contributed by atoms with E-state index in [4.69, 9.17) is 5.26 Å². The van der Waals surface area contributed by atoms with Crippen molar-refractivity contribution in [3.8, 4) is 6.07 Å². The lowest BCUT2D eigenvalue weighted by Gasteiger charge is -2.36. The number of halogens is 1. The highest BCUT2D eigenvalue weighted by atomic mass is 19.1. The fourth-order valence-corrected chi connectivity index (χ4v) is 2.56. The number of carbonyl (C=O) groups is 1. The minimum atomic E-state index is -0.502. The normalized spacial score (nSPS) is 14.0. The van der Waals surface area contributed by atoms with Gasteiger partial charge in [-0.2, -0.15) is 5.26 Å². The van der Waals surface area contributed by atoms with Gasteiger partial charge in [-0.15, -0.1) is 0 Å². The number of aliphatic hydroxyl groups excluding tert-OH is 1. The van der Waals surface area contributed by atoms with Crippen LogP contribution >= 0.6 is 0 Å². The van der Waals surface area contributed by atoms with Gasteiger partial charge in [0.1, 0.15) is 5.82 Å². The SMILES string of the molecule is Cc1ccc(Nc2cc(C#N)ccc2C(=O)N2CC(O)C2)c(F)c1. The lowest BCUT2D eigenvalue weighted by atomic mass is 10.0. The van der Waals surface area contributed by atoms with Crippen LogP contribution in [0.2, 0.25) is 0 Å². The molecule has 0 saturated carbocycles. The van der Waals surface area contributed by atoms with Gasteiger partial charge >= 0.3 is 0 Å². The van der Waals surface area contributed by atoms with Crippen LogP contribution in [0.25, 0.3) is 0 Å². The number of rotatable bonds is 3. The molecule has 5 nitrogen and oxygen atoms in total. The van der Waals surface area contributed by atoms with Crippen molar-refractivity contribution in [2.24, 2.45) is 0 Å². The van der Waals surface area contributed by atoms with E-state index in [0.29, 0.717) is 16.8 Å². The lowest BCUT2D eigenvalue weighted by Crippen LogP contribution is -2.53. The van der Waals surface area contributed by atoms with E-state index < -0.39 is 11.9 Å². The average molecular weight is 325 g/mol. The van der Waals surface area contributed by atoms with Crippen molar-refractivity contribution in [2.45, 2.75) is 13.0 Å². The van der Waals surface area contributed by atoms with E-state index in [0.717, 1.165) is 5.56 Å². The van der Waals surface area contributed by atoms with E-state index in [2.05, 4.69) is 5.32 Å². The number of nitriles is 1. The number of amides is 1. The van der Waals surface area contributed by atoms with E-state index >= 15 is 0 Å². The molecule has 2 aromatic rings. The number of aryl methyl sites for hydroxylation is 1. The average Bonchev–Trinajstić information content (AvgIpc) is 2.54. The topological polar surface area (TPSA) is 76.4 Å². The van der Waals surface area contributed by atoms with Crippen LogP contribution in [0.4, 0.5) is 15.8 Å². The van der Waals surface area contributed by atoms with Gasteiger partial charge in [-0.25, -0.2) is 4.39 Å². The molecule has 3 rings (SSSR count). The molecule has 0 aliphatic carbocycles. The number of carbonyl (C=O) groups excluding carboxylic acids is 1. The number of benzene rings is 2. The molecule has 24 heavy (non-hydrogen) atoms. The molecule has 1 amide bonds. The summed E-state index contributed by atoms with van der Waals surface area (Å²) in [6.07, 6.45) is -0.502. The van der Waals surface area contributed by atoms with E-state index in [1.807, 2.05) is 6.07 Å². The third-order valence-corrected chi connectivity index (χ3v) is 3.92. The number of hydrogen-bond donors (Lipinski definition) is 2. The zero-order valence-electron chi connectivity index (χ0n) is 13.1. The molecule has 122 valence electrons. The fraction of sp³-hybridized carbons (Fsp3) is 0.222. The Morgan fingerprint density at radius 1 is 1.29 bits per heavy atom. The van der Waals surface area contributed by atoms with E-state index in [-0.39, 0.29) is 24.7 Å². The first-order valence-electron chi connectivity index (χ1n) is 7.52. The van der Waals surface area contributed by atoms with Crippen LogP contribution in [0.5, 0.6) is 0 Å². The number of hydrogen-bond acceptors (Lipinski definition) is 4. The molecule has 0 unspecified atom stereocenters. The quantitative estimate of drug-likeness (QED) is 0.909. The number of likely N-dealkylation sites (tertiary alicyclic amines) is 1. The van der Waals surface area contributed by atoms with Crippen LogP contribution in [0.15, 0.2) is 36.4 Å². The van der Waals surface area contributed by atoms with E-state index in [1.165, 1.54) is 17.0 Å². The Morgan fingerprint density at radius 3 is 2.67 bits per heavy atom. The standard InChI is InChI=1S/C18H16FN3O2/c1-11-2-5-16(15(19)6-11)21-17-7-12(8-20)3-4-14(17)18(24)22-9-13(23)10-22/h2-7,13,21,23H,9-10H2,1H3. The minimum Gasteiger partial charge on any atom is -0.389 e. The summed E-state index contributed by atoms with van der Waals surface area (Å²) in [4.78, 5) is 14.0. The van der Waals surface area contributed by atoms with Gasteiger partial charge < -0.3 is 15.3 Å². The summed E-state index contributed by atoms with van der Waals surface area (Å²) in [5.41, 5.74) is 2.08. The first kappa shape index (κ1) is 16.0.